The van der Waals surface area contributed by atoms with Crippen LogP contribution in [0.25, 0.3) is 0 Å². The normalized spacial score (nSPS) is 15.4. The Morgan fingerprint density at radius 2 is 1.61 bits per heavy atom. The highest BCUT2D eigenvalue weighted by molar-refractivity contribution is 7.89. The van der Waals surface area contributed by atoms with Crippen molar-refractivity contribution in [2.45, 2.75) is 37.8 Å². The highest BCUT2D eigenvalue weighted by Crippen LogP contribution is 2.37. The van der Waals surface area contributed by atoms with E-state index in [-0.39, 0.29) is 22.3 Å². The van der Waals surface area contributed by atoms with Gasteiger partial charge in [-0.05, 0) is 53.8 Å². The maximum atomic E-state index is 13.3. The zero-order valence-electron chi connectivity index (χ0n) is 21.1. The average molecular weight is 553 g/mol. The standard InChI is InChI=1S/C27H28N4O5S2/c1-17(32)30-13-12-22-23(16-30)37-27(24(22)26(34)28-2)29-25(33)19-7-9-21(10-8-19)38(35,36)31-14-11-18-5-3-4-6-20(18)15-31/h3-10H,11-16H2,1-2H3,(H,28,34)(H,29,33). The van der Waals surface area contributed by atoms with Crippen LogP contribution in [-0.4, -0.2) is 55.5 Å². The minimum absolute atomic E-state index is 0.0417. The summed E-state index contributed by atoms with van der Waals surface area (Å²) in [4.78, 5) is 40.3. The highest BCUT2D eigenvalue weighted by Gasteiger charge is 2.30. The lowest BCUT2D eigenvalue weighted by Gasteiger charge is -2.28. The number of anilines is 1. The van der Waals surface area contributed by atoms with Gasteiger partial charge < -0.3 is 15.5 Å². The molecule has 0 spiro atoms. The van der Waals surface area contributed by atoms with Crippen LogP contribution in [0.5, 0.6) is 0 Å². The first-order chi connectivity index (χ1) is 18.2. The Morgan fingerprint density at radius 3 is 2.29 bits per heavy atom. The number of sulfonamides is 1. The van der Waals surface area contributed by atoms with Crippen molar-refractivity contribution in [2.24, 2.45) is 0 Å². The van der Waals surface area contributed by atoms with Gasteiger partial charge >= 0.3 is 0 Å². The first-order valence-corrected chi connectivity index (χ1v) is 14.5. The molecule has 11 heteroatoms. The van der Waals surface area contributed by atoms with Gasteiger partial charge in [-0.25, -0.2) is 8.42 Å². The largest absolute Gasteiger partial charge is 0.355 e. The van der Waals surface area contributed by atoms with E-state index in [9.17, 15) is 22.8 Å². The molecule has 3 amide bonds. The van der Waals surface area contributed by atoms with Crippen LogP contribution in [0.1, 0.15) is 49.2 Å². The number of nitrogens with zero attached hydrogens (tertiary/aromatic N) is 2. The summed E-state index contributed by atoms with van der Waals surface area (Å²) in [6.45, 7) is 3.12. The van der Waals surface area contributed by atoms with E-state index >= 15 is 0 Å². The lowest BCUT2D eigenvalue weighted by atomic mass is 10.0. The summed E-state index contributed by atoms with van der Waals surface area (Å²) in [5, 5.41) is 5.87. The summed E-state index contributed by atoms with van der Waals surface area (Å²) >= 11 is 1.28. The predicted octanol–water partition coefficient (Wildman–Crippen LogP) is 3.01. The SMILES string of the molecule is CNC(=O)c1c(NC(=O)c2ccc(S(=O)(=O)N3CCc4ccccc4C3)cc2)sc2c1CCN(C(C)=O)C2. The van der Waals surface area contributed by atoms with Crippen molar-refractivity contribution in [2.75, 3.05) is 25.5 Å². The van der Waals surface area contributed by atoms with Crippen LogP contribution in [0.2, 0.25) is 0 Å². The van der Waals surface area contributed by atoms with Gasteiger partial charge in [-0.15, -0.1) is 11.3 Å². The number of carbonyl (C=O) groups excluding carboxylic acids is 3. The quantitative estimate of drug-likeness (QED) is 0.505. The number of nitrogens with one attached hydrogen (secondary N) is 2. The van der Waals surface area contributed by atoms with Gasteiger partial charge in [0, 0.05) is 44.0 Å². The van der Waals surface area contributed by atoms with Gasteiger partial charge in [-0.2, -0.15) is 4.31 Å². The van der Waals surface area contributed by atoms with Crippen molar-refractivity contribution in [3.63, 3.8) is 0 Å². The lowest BCUT2D eigenvalue weighted by molar-refractivity contribution is -0.129. The molecule has 3 heterocycles. The number of hydrogen-bond donors (Lipinski definition) is 2. The van der Waals surface area contributed by atoms with Crippen molar-refractivity contribution < 1.29 is 22.8 Å². The molecular formula is C27H28N4O5S2. The molecule has 0 aliphatic carbocycles. The second-order valence-corrected chi connectivity index (χ2v) is 12.4. The average Bonchev–Trinajstić information content (AvgIpc) is 3.29. The summed E-state index contributed by atoms with van der Waals surface area (Å²) < 4.78 is 28.0. The molecule has 0 fully saturated rings. The fourth-order valence-electron chi connectivity index (χ4n) is 4.90. The third-order valence-corrected chi connectivity index (χ3v) is 10.0. The Kier molecular flexibility index (Phi) is 7.08. The monoisotopic (exact) mass is 552 g/mol. The number of hydrogen-bond acceptors (Lipinski definition) is 6. The van der Waals surface area contributed by atoms with E-state index in [2.05, 4.69) is 10.6 Å². The van der Waals surface area contributed by atoms with Gasteiger partial charge in [0.25, 0.3) is 11.8 Å². The van der Waals surface area contributed by atoms with E-state index < -0.39 is 15.9 Å². The molecule has 0 saturated heterocycles. The number of benzene rings is 2. The first-order valence-electron chi connectivity index (χ1n) is 12.3. The van der Waals surface area contributed by atoms with Crippen LogP contribution in [0.3, 0.4) is 0 Å². The molecule has 0 saturated carbocycles. The third kappa shape index (κ3) is 4.84. The van der Waals surface area contributed by atoms with Crippen LogP contribution in [0.4, 0.5) is 5.00 Å². The van der Waals surface area contributed by atoms with Crippen LogP contribution >= 0.6 is 11.3 Å². The molecule has 0 radical (unpaired) electrons. The zero-order chi connectivity index (χ0) is 27.0. The van der Waals surface area contributed by atoms with E-state index in [4.69, 9.17) is 0 Å². The van der Waals surface area contributed by atoms with Gasteiger partial charge in [0.2, 0.25) is 15.9 Å². The fraction of sp³-hybridized carbons (Fsp3) is 0.296. The lowest BCUT2D eigenvalue weighted by Crippen LogP contribution is -2.35. The molecule has 0 unspecified atom stereocenters. The minimum atomic E-state index is -3.72. The second-order valence-electron chi connectivity index (χ2n) is 9.31. The van der Waals surface area contributed by atoms with Crippen molar-refractivity contribution in [3.8, 4) is 0 Å². The number of amides is 3. The molecule has 0 atom stereocenters. The molecule has 9 nitrogen and oxygen atoms in total. The van der Waals surface area contributed by atoms with Gasteiger partial charge in [-0.1, -0.05) is 24.3 Å². The summed E-state index contributed by atoms with van der Waals surface area (Å²) in [6, 6.07) is 13.7. The molecule has 3 aromatic rings. The van der Waals surface area contributed by atoms with Crippen molar-refractivity contribution in [1.29, 1.82) is 0 Å². The molecule has 38 heavy (non-hydrogen) atoms. The summed E-state index contributed by atoms with van der Waals surface area (Å²) in [7, 11) is -2.19. The molecular weight excluding hydrogens is 524 g/mol. The molecule has 198 valence electrons. The van der Waals surface area contributed by atoms with Crippen LogP contribution < -0.4 is 10.6 Å². The fourth-order valence-corrected chi connectivity index (χ4v) is 7.58. The second kappa shape index (κ2) is 10.3. The minimum Gasteiger partial charge on any atom is -0.355 e. The molecule has 2 aliphatic rings. The van der Waals surface area contributed by atoms with E-state index in [1.807, 2.05) is 24.3 Å². The molecule has 1 aromatic heterocycles. The zero-order valence-corrected chi connectivity index (χ0v) is 22.7. The number of carbonyl (C=O) groups is 3. The number of fused-ring (bicyclic) bond motifs is 2. The first kappa shape index (κ1) is 26.1. The number of thiophene rings is 1. The summed E-state index contributed by atoms with van der Waals surface area (Å²) in [6.07, 6.45) is 1.18. The predicted molar refractivity (Wildman–Crippen MR) is 145 cm³/mol. The summed E-state index contributed by atoms with van der Waals surface area (Å²) in [5.41, 5.74) is 3.68. The van der Waals surface area contributed by atoms with Crippen LogP contribution in [0, 0.1) is 0 Å². The molecule has 2 aromatic carbocycles. The Balaban J connectivity index is 1.35. The smallest absolute Gasteiger partial charge is 0.256 e. The van der Waals surface area contributed by atoms with Crippen LogP contribution in [-0.2, 0) is 40.7 Å². The van der Waals surface area contributed by atoms with Crippen LogP contribution in [0.15, 0.2) is 53.4 Å². The number of rotatable bonds is 5. The topological polar surface area (TPSA) is 116 Å². The van der Waals surface area contributed by atoms with E-state index in [0.29, 0.717) is 49.6 Å². The Bertz CT molecular complexity index is 1530. The van der Waals surface area contributed by atoms with Gasteiger partial charge in [0.15, 0.2) is 0 Å². The highest BCUT2D eigenvalue weighted by atomic mass is 32.2. The third-order valence-electron chi connectivity index (χ3n) is 7.03. The Labute approximate surface area is 225 Å². The maximum Gasteiger partial charge on any atom is 0.256 e. The molecule has 2 N–H and O–H groups in total. The van der Waals surface area contributed by atoms with E-state index in [0.717, 1.165) is 21.6 Å². The van der Waals surface area contributed by atoms with Gasteiger partial charge in [-0.3, -0.25) is 14.4 Å². The maximum absolute atomic E-state index is 13.3. The van der Waals surface area contributed by atoms with Crippen molar-refractivity contribution >= 4 is 44.1 Å². The van der Waals surface area contributed by atoms with Crippen molar-refractivity contribution in [3.05, 3.63) is 81.2 Å². The van der Waals surface area contributed by atoms with Gasteiger partial charge in [0.1, 0.15) is 5.00 Å². The Morgan fingerprint density at radius 1 is 0.895 bits per heavy atom. The van der Waals surface area contributed by atoms with E-state index in [1.54, 1.807) is 4.90 Å². The van der Waals surface area contributed by atoms with Crippen molar-refractivity contribution in [1.82, 2.24) is 14.5 Å². The van der Waals surface area contributed by atoms with E-state index in [1.165, 1.54) is 53.9 Å². The molecule has 2 aliphatic heterocycles. The Hall–Kier alpha value is -3.54. The summed E-state index contributed by atoms with van der Waals surface area (Å²) in [5.74, 6) is -0.799. The van der Waals surface area contributed by atoms with Gasteiger partial charge in [0.05, 0.1) is 17.0 Å². The molecule has 5 rings (SSSR count). The molecule has 0 bridgehead atoms.